The van der Waals surface area contributed by atoms with Gasteiger partial charge in [-0.15, -0.1) is 0 Å². The number of anilines is 1. The Bertz CT molecular complexity index is 1530. The summed E-state index contributed by atoms with van der Waals surface area (Å²) >= 11 is 0. The Labute approximate surface area is 238 Å². The molecule has 1 aliphatic rings. The standard InChI is InChI=1S/C31H31N5O5/c1-38-16-17-40-29-19-27-26(18-28(29)39-2)30(23(20-32)21-33-27)35-12-14-36(15-13-35)34-31(37)22-8-10-25(11-9-22)41-24-6-4-3-5-7-24/h3-11,18-19,21H,12-17H2,1-2H3,(H,34,37). The van der Waals surface area contributed by atoms with Gasteiger partial charge < -0.3 is 23.8 Å². The number of piperazine rings is 1. The summed E-state index contributed by atoms with van der Waals surface area (Å²) in [7, 11) is 3.19. The number of hydrazine groups is 1. The molecule has 1 N–H and O–H groups in total. The van der Waals surface area contributed by atoms with Crippen LogP contribution in [0.15, 0.2) is 72.9 Å². The summed E-state index contributed by atoms with van der Waals surface area (Å²) in [5, 5.41) is 12.6. The molecule has 10 nitrogen and oxygen atoms in total. The van der Waals surface area contributed by atoms with Crippen molar-refractivity contribution in [3.63, 3.8) is 0 Å². The third-order valence-corrected chi connectivity index (χ3v) is 6.74. The first kappa shape index (κ1) is 27.7. The maximum Gasteiger partial charge on any atom is 0.265 e. The summed E-state index contributed by atoms with van der Waals surface area (Å²) in [6.07, 6.45) is 1.59. The summed E-state index contributed by atoms with van der Waals surface area (Å²) in [6.45, 7) is 3.18. The van der Waals surface area contributed by atoms with Crippen LogP contribution in [0.2, 0.25) is 0 Å². The number of ether oxygens (including phenoxy) is 4. The topological polar surface area (TPSA) is 109 Å². The second-order valence-electron chi connectivity index (χ2n) is 9.35. The van der Waals surface area contributed by atoms with Crippen LogP contribution in [0.3, 0.4) is 0 Å². The number of nitrogens with one attached hydrogen (secondary N) is 1. The first-order chi connectivity index (χ1) is 20.1. The van der Waals surface area contributed by atoms with E-state index in [1.807, 2.05) is 47.5 Å². The highest BCUT2D eigenvalue weighted by molar-refractivity contribution is 5.97. The Kier molecular flexibility index (Phi) is 8.79. The zero-order valence-corrected chi connectivity index (χ0v) is 23.0. The summed E-state index contributed by atoms with van der Waals surface area (Å²) in [6, 6.07) is 22.5. The molecule has 0 atom stereocenters. The molecule has 10 heteroatoms. The SMILES string of the molecule is COCCOc1cc2ncc(C#N)c(N3CCN(NC(=O)c4ccc(Oc5ccccc5)cc4)CC3)c2cc1OC. The summed E-state index contributed by atoms with van der Waals surface area (Å²) in [4.78, 5) is 19.6. The lowest BCUT2D eigenvalue weighted by Gasteiger charge is -2.36. The van der Waals surface area contributed by atoms with E-state index in [0.29, 0.717) is 73.3 Å². The van der Waals surface area contributed by atoms with Crippen LogP contribution < -0.4 is 24.5 Å². The van der Waals surface area contributed by atoms with Gasteiger partial charge in [-0.05, 0) is 42.5 Å². The number of carbonyl (C=O) groups is 1. The number of rotatable bonds is 10. The van der Waals surface area contributed by atoms with Crippen molar-refractivity contribution in [2.45, 2.75) is 0 Å². The van der Waals surface area contributed by atoms with E-state index in [9.17, 15) is 10.1 Å². The van der Waals surface area contributed by atoms with Gasteiger partial charge in [0.2, 0.25) is 0 Å². The van der Waals surface area contributed by atoms with Gasteiger partial charge in [-0.1, -0.05) is 18.2 Å². The fourth-order valence-corrected chi connectivity index (χ4v) is 4.66. The summed E-state index contributed by atoms with van der Waals surface area (Å²) < 4.78 is 22.3. The number of hydrogen-bond donors (Lipinski definition) is 1. The number of fused-ring (bicyclic) bond motifs is 1. The maximum absolute atomic E-state index is 12.9. The van der Waals surface area contributed by atoms with Crippen molar-refractivity contribution in [1.29, 1.82) is 5.26 Å². The predicted octanol–water partition coefficient (Wildman–Crippen LogP) is 4.40. The largest absolute Gasteiger partial charge is 0.493 e. The number of carbonyl (C=O) groups excluding carboxylic acids is 1. The van der Waals surface area contributed by atoms with E-state index < -0.39 is 0 Å². The van der Waals surface area contributed by atoms with Gasteiger partial charge in [-0.2, -0.15) is 5.26 Å². The number of pyridine rings is 1. The number of aromatic nitrogens is 1. The molecular weight excluding hydrogens is 522 g/mol. The van der Waals surface area contributed by atoms with Gasteiger partial charge in [0.25, 0.3) is 5.91 Å². The van der Waals surface area contributed by atoms with Crippen LogP contribution in [0, 0.1) is 11.3 Å². The lowest BCUT2D eigenvalue weighted by atomic mass is 10.1. The van der Waals surface area contributed by atoms with Crippen LogP contribution in [0.25, 0.3) is 10.9 Å². The van der Waals surface area contributed by atoms with Crippen molar-refractivity contribution < 1.29 is 23.7 Å². The molecule has 0 radical (unpaired) electrons. The molecule has 0 unspecified atom stereocenters. The third kappa shape index (κ3) is 6.49. The van der Waals surface area contributed by atoms with Crippen LogP contribution >= 0.6 is 0 Å². The highest BCUT2D eigenvalue weighted by Crippen LogP contribution is 2.38. The van der Waals surface area contributed by atoms with Crippen molar-refractivity contribution in [2.75, 3.05) is 58.5 Å². The minimum absolute atomic E-state index is 0.192. The van der Waals surface area contributed by atoms with Crippen molar-refractivity contribution in [2.24, 2.45) is 0 Å². The molecule has 1 aliphatic heterocycles. The Hall–Kier alpha value is -4.85. The predicted molar refractivity (Wildman–Crippen MR) is 155 cm³/mol. The number of amides is 1. The molecule has 0 aliphatic carbocycles. The van der Waals surface area contributed by atoms with Crippen molar-refractivity contribution in [3.8, 4) is 29.1 Å². The average Bonchev–Trinajstić information content (AvgIpc) is 3.01. The van der Waals surface area contributed by atoms with Gasteiger partial charge >= 0.3 is 0 Å². The van der Waals surface area contributed by atoms with Crippen molar-refractivity contribution in [1.82, 2.24) is 15.4 Å². The molecule has 41 heavy (non-hydrogen) atoms. The Morgan fingerprint density at radius 1 is 0.951 bits per heavy atom. The Balaban J connectivity index is 1.25. The number of nitrogens with zero attached hydrogens (tertiary/aromatic N) is 4. The van der Waals surface area contributed by atoms with E-state index >= 15 is 0 Å². The molecule has 5 rings (SSSR count). The van der Waals surface area contributed by atoms with Gasteiger partial charge in [0.1, 0.15) is 24.2 Å². The lowest BCUT2D eigenvalue weighted by Crippen LogP contribution is -2.53. The van der Waals surface area contributed by atoms with Crippen LogP contribution in [0.1, 0.15) is 15.9 Å². The van der Waals surface area contributed by atoms with E-state index in [-0.39, 0.29) is 5.91 Å². The fraction of sp³-hybridized carbons (Fsp3) is 0.258. The molecule has 1 saturated heterocycles. The second-order valence-corrected chi connectivity index (χ2v) is 9.35. The zero-order chi connectivity index (χ0) is 28.6. The highest BCUT2D eigenvalue weighted by atomic mass is 16.5. The molecule has 0 saturated carbocycles. The lowest BCUT2D eigenvalue weighted by molar-refractivity contribution is 0.0777. The molecule has 3 aromatic carbocycles. The number of para-hydroxylation sites is 1. The van der Waals surface area contributed by atoms with Gasteiger partial charge in [-0.25, -0.2) is 5.01 Å². The molecule has 2 heterocycles. The van der Waals surface area contributed by atoms with E-state index in [2.05, 4.69) is 21.4 Å². The van der Waals surface area contributed by atoms with Gasteiger partial charge in [0.05, 0.1) is 30.5 Å². The molecule has 1 amide bonds. The molecule has 4 aromatic rings. The van der Waals surface area contributed by atoms with Gasteiger partial charge in [-0.3, -0.25) is 15.2 Å². The highest BCUT2D eigenvalue weighted by Gasteiger charge is 2.24. The van der Waals surface area contributed by atoms with Crippen LogP contribution in [0.4, 0.5) is 5.69 Å². The van der Waals surface area contributed by atoms with Crippen molar-refractivity contribution in [3.05, 3.63) is 84.1 Å². The number of hydrogen-bond acceptors (Lipinski definition) is 9. The summed E-state index contributed by atoms with van der Waals surface area (Å²) in [5.74, 6) is 2.32. The Morgan fingerprint density at radius 2 is 1.68 bits per heavy atom. The monoisotopic (exact) mass is 553 g/mol. The van der Waals surface area contributed by atoms with Crippen LogP contribution in [-0.2, 0) is 4.74 Å². The van der Waals surface area contributed by atoms with E-state index in [1.165, 1.54) is 0 Å². The summed E-state index contributed by atoms with van der Waals surface area (Å²) in [5.41, 5.74) is 5.50. The molecule has 1 aromatic heterocycles. The van der Waals surface area contributed by atoms with E-state index in [0.717, 1.165) is 16.8 Å². The first-order valence-electron chi connectivity index (χ1n) is 13.3. The quantitative estimate of drug-likeness (QED) is 0.286. The second kappa shape index (κ2) is 13.0. The molecular formula is C31H31N5O5. The van der Waals surface area contributed by atoms with Gasteiger partial charge in [0, 0.05) is 56.5 Å². The maximum atomic E-state index is 12.9. The minimum atomic E-state index is -0.192. The minimum Gasteiger partial charge on any atom is -0.493 e. The van der Waals surface area contributed by atoms with Crippen LogP contribution in [-0.4, -0.2) is 69.5 Å². The molecule has 1 fully saturated rings. The van der Waals surface area contributed by atoms with E-state index in [1.54, 1.807) is 44.7 Å². The first-order valence-corrected chi connectivity index (χ1v) is 13.3. The molecule has 0 spiro atoms. The number of methoxy groups -OCH3 is 2. The average molecular weight is 554 g/mol. The normalized spacial score (nSPS) is 13.4. The third-order valence-electron chi connectivity index (χ3n) is 6.74. The van der Waals surface area contributed by atoms with Crippen molar-refractivity contribution >= 4 is 22.5 Å². The Morgan fingerprint density at radius 3 is 2.37 bits per heavy atom. The number of nitriles is 1. The van der Waals surface area contributed by atoms with Crippen LogP contribution in [0.5, 0.6) is 23.0 Å². The van der Waals surface area contributed by atoms with E-state index in [4.69, 9.17) is 18.9 Å². The fourth-order valence-electron chi connectivity index (χ4n) is 4.66. The van der Waals surface area contributed by atoms with Gasteiger partial charge in [0.15, 0.2) is 11.5 Å². The molecule has 0 bridgehead atoms. The molecule has 210 valence electrons. The zero-order valence-electron chi connectivity index (χ0n) is 23.0. The number of benzene rings is 3. The smallest absolute Gasteiger partial charge is 0.265 e.